The van der Waals surface area contributed by atoms with Crippen LogP contribution in [-0.4, -0.2) is 29.0 Å². The summed E-state index contributed by atoms with van der Waals surface area (Å²) in [7, 11) is 0. The van der Waals surface area contributed by atoms with E-state index < -0.39 is 5.12 Å². The van der Waals surface area contributed by atoms with Crippen molar-refractivity contribution in [1.29, 1.82) is 0 Å². The molecule has 0 unspecified atom stereocenters. The second kappa shape index (κ2) is 5.27. The Labute approximate surface area is 106 Å². The topological polar surface area (TPSA) is 70.1 Å². The van der Waals surface area contributed by atoms with E-state index in [1.54, 1.807) is 18.7 Å². The van der Waals surface area contributed by atoms with Crippen LogP contribution >= 0.6 is 11.8 Å². The molecule has 0 spiro atoms. The van der Waals surface area contributed by atoms with Crippen molar-refractivity contribution < 1.29 is 10.1 Å². The summed E-state index contributed by atoms with van der Waals surface area (Å²) < 4.78 is 0. The van der Waals surface area contributed by atoms with Crippen LogP contribution in [0.4, 0.5) is 0 Å². The highest BCUT2D eigenvalue weighted by molar-refractivity contribution is 7.99. The third kappa shape index (κ3) is 2.93. The first-order valence-corrected chi connectivity index (χ1v) is 7.43. The number of thioether (sulfide) groups is 1. The molecule has 1 aliphatic heterocycles. The Morgan fingerprint density at radius 2 is 2.12 bits per heavy atom. The van der Waals surface area contributed by atoms with Gasteiger partial charge in [-0.2, -0.15) is 5.10 Å². The Hall–Kier alpha value is -0.750. The van der Waals surface area contributed by atoms with Crippen LogP contribution in [0.25, 0.3) is 0 Å². The maximum absolute atomic E-state index is 11.7. The second-order valence-electron chi connectivity index (χ2n) is 4.77. The van der Waals surface area contributed by atoms with Crippen molar-refractivity contribution in [3.8, 4) is 0 Å². The van der Waals surface area contributed by atoms with Gasteiger partial charge in [-0.25, -0.2) is 5.43 Å². The van der Waals surface area contributed by atoms with Crippen LogP contribution in [0.1, 0.15) is 39.0 Å². The maximum Gasteiger partial charge on any atom is 0.316 e. The average molecular weight is 257 g/mol. The first-order valence-electron chi connectivity index (χ1n) is 6.20. The van der Waals surface area contributed by atoms with Crippen molar-refractivity contribution in [1.82, 2.24) is 10.7 Å². The molecule has 0 aromatic heterocycles. The quantitative estimate of drug-likeness (QED) is 0.621. The highest BCUT2D eigenvalue weighted by Crippen LogP contribution is 2.17. The lowest BCUT2D eigenvalue weighted by atomic mass is 9.95. The number of nitrogens with zero attached hydrogens (tertiary/aromatic N) is 1. The van der Waals surface area contributed by atoms with Gasteiger partial charge in [-0.3, -0.25) is 15.4 Å². The summed E-state index contributed by atoms with van der Waals surface area (Å²) in [5, 5.41) is 8.82. The summed E-state index contributed by atoms with van der Waals surface area (Å²) in [5.41, 5.74) is 3.57. The predicted molar refractivity (Wildman–Crippen MR) is 69.4 cm³/mol. The maximum atomic E-state index is 11.7. The number of rotatable bonds is 3. The Morgan fingerprint density at radius 3 is 2.71 bits per heavy atom. The zero-order valence-corrected chi connectivity index (χ0v) is 11.3. The molecule has 6 heteroatoms. The molecular formula is C11H21N4OS+. The zero-order chi connectivity index (χ0) is 12.3. The Bertz CT molecular complexity index is 327. The molecule has 2 aliphatic rings. The van der Waals surface area contributed by atoms with Crippen LogP contribution < -0.4 is 16.1 Å². The van der Waals surface area contributed by atoms with E-state index in [0.29, 0.717) is 11.8 Å². The van der Waals surface area contributed by atoms with Gasteiger partial charge in [-0.15, -0.1) is 0 Å². The summed E-state index contributed by atoms with van der Waals surface area (Å²) in [6.45, 7) is 1.72. The second-order valence-corrected chi connectivity index (χ2v) is 5.82. The fourth-order valence-electron chi connectivity index (χ4n) is 2.38. The molecule has 1 heterocycles. The van der Waals surface area contributed by atoms with E-state index in [2.05, 4.69) is 21.2 Å². The predicted octanol–water partition coefficient (Wildman–Crippen LogP) is -0.0479. The van der Waals surface area contributed by atoms with Gasteiger partial charge in [0, 0.05) is 0 Å². The van der Waals surface area contributed by atoms with E-state index >= 15 is 0 Å². The lowest BCUT2D eigenvalue weighted by Gasteiger charge is -2.36. The van der Waals surface area contributed by atoms with Crippen LogP contribution in [0.3, 0.4) is 0 Å². The van der Waals surface area contributed by atoms with Gasteiger partial charge < -0.3 is 0 Å². The van der Waals surface area contributed by atoms with Crippen LogP contribution in [0.15, 0.2) is 5.10 Å². The lowest BCUT2D eigenvalue weighted by Crippen LogP contribution is -3.07. The van der Waals surface area contributed by atoms with Gasteiger partial charge in [0.2, 0.25) is 0 Å². The van der Waals surface area contributed by atoms with Crippen molar-refractivity contribution in [2.24, 2.45) is 5.10 Å². The van der Waals surface area contributed by atoms with Gasteiger partial charge in [0.05, 0.1) is 6.04 Å². The molecule has 1 aliphatic carbocycles. The van der Waals surface area contributed by atoms with Crippen molar-refractivity contribution in [2.45, 2.75) is 50.2 Å². The SMILES string of the molecule is CS[C@]1([NH2+]C2CCCCC2)NN=C(C)C(=O)N1. The molecular weight excluding hydrogens is 236 g/mol. The molecule has 0 aromatic carbocycles. The van der Waals surface area contributed by atoms with Crippen LogP contribution in [0.5, 0.6) is 0 Å². The van der Waals surface area contributed by atoms with Gasteiger partial charge in [0.1, 0.15) is 5.71 Å². The normalized spacial score (nSPS) is 30.5. The van der Waals surface area contributed by atoms with Gasteiger partial charge in [-0.1, -0.05) is 6.42 Å². The summed E-state index contributed by atoms with van der Waals surface area (Å²) in [6, 6.07) is 0.581. The number of amides is 1. The van der Waals surface area contributed by atoms with E-state index in [1.807, 2.05) is 6.26 Å². The highest BCUT2D eigenvalue weighted by atomic mass is 32.2. The van der Waals surface area contributed by atoms with E-state index in [9.17, 15) is 4.79 Å². The van der Waals surface area contributed by atoms with Crippen molar-refractivity contribution in [3.05, 3.63) is 0 Å². The summed E-state index contributed by atoms with van der Waals surface area (Å²) >= 11 is 1.59. The largest absolute Gasteiger partial charge is 0.316 e. The number of carbonyl (C=O) groups excluding carboxylic acids is 1. The van der Waals surface area contributed by atoms with Gasteiger partial charge in [0.15, 0.2) is 0 Å². The van der Waals surface area contributed by atoms with Gasteiger partial charge in [0.25, 0.3) is 5.91 Å². The summed E-state index contributed by atoms with van der Waals surface area (Å²) in [6.07, 6.45) is 8.37. The third-order valence-electron chi connectivity index (χ3n) is 3.46. The summed E-state index contributed by atoms with van der Waals surface area (Å²) in [4.78, 5) is 11.7. The monoisotopic (exact) mass is 257 g/mol. The molecule has 1 amide bonds. The molecule has 0 bridgehead atoms. The molecule has 1 fully saturated rings. The Balaban J connectivity index is 2.02. The Kier molecular flexibility index (Phi) is 3.93. The molecule has 1 atom stereocenters. The molecule has 0 radical (unpaired) electrons. The van der Waals surface area contributed by atoms with Crippen LogP contribution in [-0.2, 0) is 4.79 Å². The number of quaternary nitrogens is 1. The fraction of sp³-hybridized carbons (Fsp3) is 0.818. The minimum Gasteiger partial charge on any atom is -0.293 e. The molecule has 1 saturated carbocycles. The number of nitrogens with one attached hydrogen (secondary N) is 2. The number of hydrogen-bond donors (Lipinski definition) is 3. The van der Waals surface area contributed by atoms with Crippen molar-refractivity contribution in [2.75, 3.05) is 6.26 Å². The number of hydrazone groups is 1. The van der Waals surface area contributed by atoms with Gasteiger partial charge >= 0.3 is 5.12 Å². The van der Waals surface area contributed by atoms with Crippen LogP contribution in [0.2, 0.25) is 0 Å². The highest BCUT2D eigenvalue weighted by Gasteiger charge is 2.41. The number of nitrogens with two attached hydrogens (primary N) is 1. The standard InChI is InChI=1S/C11H20N4OS/c1-8-10(16)13-11(17-2,15-14-8)12-9-6-4-3-5-7-9/h9,12,15H,3-7H2,1-2H3,(H,13,16)/p+1/t11-/m0/s1. The minimum absolute atomic E-state index is 0.0786. The molecule has 5 nitrogen and oxygen atoms in total. The first kappa shape index (κ1) is 12.7. The summed E-state index contributed by atoms with van der Waals surface area (Å²) in [5.74, 6) is -0.0786. The molecule has 17 heavy (non-hydrogen) atoms. The lowest BCUT2D eigenvalue weighted by molar-refractivity contribution is -0.744. The smallest absolute Gasteiger partial charge is 0.293 e. The number of hydrogen-bond acceptors (Lipinski definition) is 4. The van der Waals surface area contributed by atoms with E-state index in [1.165, 1.54) is 32.1 Å². The average Bonchev–Trinajstić information content (AvgIpc) is 2.35. The van der Waals surface area contributed by atoms with Crippen molar-refractivity contribution in [3.63, 3.8) is 0 Å². The van der Waals surface area contributed by atoms with Crippen LogP contribution in [0, 0.1) is 0 Å². The molecule has 2 rings (SSSR count). The van der Waals surface area contributed by atoms with E-state index in [0.717, 1.165) is 0 Å². The zero-order valence-electron chi connectivity index (χ0n) is 10.5. The van der Waals surface area contributed by atoms with E-state index in [4.69, 9.17) is 0 Å². The minimum atomic E-state index is -0.515. The molecule has 4 N–H and O–H groups in total. The molecule has 96 valence electrons. The van der Waals surface area contributed by atoms with Crippen molar-refractivity contribution >= 4 is 23.4 Å². The molecule has 0 saturated heterocycles. The fourth-order valence-corrected chi connectivity index (χ4v) is 3.04. The number of carbonyl (C=O) groups is 1. The third-order valence-corrected chi connectivity index (χ3v) is 4.43. The first-order chi connectivity index (χ1) is 8.15. The van der Waals surface area contributed by atoms with E-state index in [-0.39, 0.29) is 5.91 Å². The van der Waals surface area contributed by atoms with Gasteiger partial charge in [-0.05, 0) is 50.6 Å². The molecule has 0 aromatic rings. The Morgan fingerprint density at radius 1 is 1.41 bits per heavy atom.